The van der Waals surface area contributed by atoms with Crippen LogP contribution in [0.3, 0.4) is 0 Å². The number of carbonyl (C=O) groups is 1. The molecule has 0 spiro atoms. The van der Waals surface area contributed by atoms with E-state index in [0.717, 1.165) is 12.8 Å². The molecule has 0 N–H and O–H groups in total. The van der Waals surface area contributed by atoms with Crippen LogP contribution >= 0.6 is 0 Å². The van der Waals surface area contributed by atoms with Gasteiger partial charge in [-0.2, -0.15) is 4.79 Å². The number of rotatable bonds is 6. The van der Waals surface area contributed by atoms with Crippen molar-refractivity contribution in [2.75, 3.05) is 6.61 Å². The quantitative estimate of drug-likeness (QED) is 0.183. The summed E-state index contributed by atoms with van der Waals surface area (Å²) in [5, 5.41) is -0.612. The molecule has 1 saturated carbocycles. The number of hydrogen-bond donors (Lipinski definition) is 0. The topological polar surface area (TPSA) is 71.9 Å². The molecule has 1 aliphatic carbocycles. The van der Waals surface area contributed by atoms with Gasteiger partial charge in [-0.25, -0.2) is 4.79 Å². The third-order valence-corrected chi connectivity index (χ3v) is 12.2. The molecule has 5 nitrogen and oxygen atoms in total. The molecular formula is C22H42N2O3Si. The molecule has 0 aromatic heterocycles. The lowest BCUT2D eigenvalue weighted by Crippen LogP contribution is -2.66. The first-order chi connectivity index (χ1) is 12.7. The first kappa shape index (κ1) is 25.1. The maximum Gasteiger partial charge on any atom is 0.413 e. The predicted molar refractivity (Wildman–Crippen MR) is 117 cm³/mol. The molecule has 0 heterocycles. The number of hydrogen-bond acceptors (Lipinski definition) is 3. The Labute approximate surface area is 173 Å². The van der Waals surface area contributed by atoms with Crippen LogP contribution < -0.4 is 0 Å². The molecule has 0 amide bonds. The average molecular weight is 411 g/mol. The van der Waals surface area contributed by atoms with Crippen LogP contribution in [-0.2, 0) is 14.0 Å². The Morgan fingerprint density at radius 2 is 1.68 bits per heavy atom. The summed E-state index contributed by atoms with van der Waals surface area (Å²) in [4.78, 5) is 16.4. The Morgan fingerprint density at radius 3 is 2.07 bits per heavy atom. The number of esters is 1. The highest BCUT2D eigenvalue weighted by Gasteiger charge is 2.68. The van der Waals surface area contributed by atoms with Crippen LogP contribution in [0.2, 0.25) is 10.1 Å². The van der Waals surface area contributed by atoms with Crippen LogP contribution in [0.15, 0.2) is 0 Å². The van der Waals surface area contributed by atoms with E-state index in [2.05, 4.69) is 67.1 Å². The number of nitrogens with zero attached hydrogens (tertiary/aromatic N) is 2. The maximum absolute atomic E-state index is 12.9. The molecule has 162 valence electrons. The highest BCUT2D eigenvalue weighted by atomic mass is 28.4. The minimum Gasteiger partial charge on any atom is -0.458 e. The minimum atomic E-state index is -3.11. The highest BCUT2D eigenvalue weighted by Crippen LogP contribution is 2.54. The van der Waals surface area contributed by atoms with E-state index in [9.17, 15) is 10.3 Å². The molecule has 0 saturated heterocycles. The van der Waals surface area contributed by atoms with Crippen LogP contribution in [0.1, 0.15) is 88.5 Å². The zero-order valence-electron chi connectivity index (χ0n) is 19.8. The summed E-state index contributed by atoms with van der Waals surface area (Å²) in [5.74, 6) is 0.978. The molecule has 0 radical (unpaired) electrons. The van der Waals surface area contributed by atoms with E-state index in [1.54, 1.807) is 6.92 Å². The monoisotopic (exact) mass is 410 g/mol. The molecule has 0 unspecified atom stereocenters. The Balaban J connectivity index is 3.62. The highest BCUT2D eigenvalue weighted by molar-refractivity contribution is 7.12. The number of carbonyl (C=O) groups excluding carboxylic acids is 1. The van der Waals surface area contributed by atoms with Gasteiger partial charge in [0.25, 0.3) is 0 Å². The van der Waals surface area contributed by atoms with Gasteiger partial charge in [0.05, 0.1) is 6.61 Å². The second-order valence-electron chi connectivity index (χ2n) is 10.8. The molecule has 6 heteroatoms. The summed E-state index contributed by atoms with van der Waals surface area (Å²) in [7, 11) is -3.11. The largest absolute Gasteiger partial charge is 0.458 e. The van der Waals surface area contributed by atoms with Crippen molar-refractivity contribution in [1.29, 1.82) is 0 Å². The van der Waals surface area contributed by atoms with Gasteiger partial charge in [-0.05, 0) is 47.6 Å². The lowest BCUT2D eigenvalue weighted by atomic mass is 9.75. The summed E-state index contributed by atoms with van der Waals surface area (Å²) in [6.45, 7) is 21.4. The molecule has 0 aromatic rings. The van der Waals surface area contributed by atoms with E-state index in [1.807, 2.05) is 0 Å². The summed E-state index contributed by atoms with van der Waals surface area (Å²) >= 11 is 0. The molecular weight excluding hydrogens is 368 g/mol. The van der Waals surface area contributed by atoms with Crippen molar-refractivity contribution >= 4 is 19.6 Å². The molecule has 3 atom stereocenters. The molecule has 0 bridgehead atoms. The van der Waals surface area contributed by atoms with Crippen molar-refractivity contribution in [3.63, 3.8) is 0 Å². The van der Waals surface area contributed by atoms with Gasteiger partial charge in [-0.15, -0.1) is 0 Å². The summed E-state index contributed by atoms with van der Waals surface area (Å²) in [6.07, 6.45) is 3.37. The standard InChI is InChI=1S/C22H42N2O3Si/c1-11-26-20(25)19(24-23)28(21(5,6)7,22(8,9)10)27-18-14-16(4)12-13-17(18)15(2)3/h15-18H,11-14H2,1-10H3/t16-,17+,18-/m1/s1. The Kier molecular flexibility index (Phi) is 8.26. The van der Waals surface area contributed by atoms with Gasteiger partial charge in [0.2, 0.25) is 0 Å². The van der Waals surface area contributed by atoms with E-state index in [-0.39, 0.29) is 28.1 Å². The third kappa shape index (κ3) is 4.95. The average Bonchev–Trinajstić information content (AvgIpc) is 2.52. The Hall–Kier alpha value is -0.973. The van der Waals surface area contributed by atoms with Gasteiger partial charge in [0.15, 0.2) is 0 Å². The van der Waals surface area contributed by atoms with Crippen molar-refractivity contribution < 1.29 is 18.7 Å². The normalized spacial score (nSPS) is 24.0. The molecule has 1 fully saturated rings. The fourth-order valence-corrected chi connectivity index (χ4v) is 10.9. The molecule has 0 aromatic carbocycles. The van der Waals surface area contributed by atoms with Gasteiger partial charge >= 0.3 is 19.6 Å². The Morgan fingerprint density at radius 1 is 1.14 bits per heavy atom. The SMILES string of the molecule is CCOC(=O)C(=[N+]=[N-])[Si](O[C@@H]1C[C@H](C)CC[C@H]1C(C)C)(C(C)(C)C)C(C)(C)C. The van der Waals surface area contributed by atoms with Crippen LogP contribution in [0.5, 0.6) is 0 Å². The number of ether oxygens (including phenoxy) is 1. The van der Waals surface area contributed by atoms with Gasteiger partial charge in [-0.1, -0.05) is 68.7 Å². The summed E-state index contributed by atoms with van der Waals surface area (Å²) in [6, 6.07) is 0. The van der Waals surface area contributed by atoms with Crippen molar-refractivity contribution in [3.8, 4) is 0 Å². The first-order valence-corrected chi connectivity index (χ1v) is 12.7. The first-order valence-electron chi connectivity index (χ1n) is 10.8. The molecule has 0 aliphatic heterocycles. The van der Waals surface area contributed by atoms with E-state index >= 15 is 0 Å². The second-order valence-corrected chi connectivity index (χ2v) is 15.9. The van der Waals surface area contributed by atoms with E-state index in [4.69, 9.17) is 9.16 Å². The van der Waals surface area contributed by atoms with Crippen LogP contribution in [0, 0.1) is 17.8 Å². The van der Waals surface area contributed by atoms with E-state index in [0.29, 0.717) is 17.8 Å². The molecule has 1 aliphatic rings. The zero-order chi connectivity index (χ0) is 21.9. The van der Waals surface area contributed by atoms with Gasteiger partial charge in [-0.3, -0.25) is 0 Å². The second kappa shape index (κ2) is 9.23. The fourth-order valence-electron chi connectivity index (χ4n) is 5.18. The smallest absolute Gasteiger partial charge is 0.413 e. The van der Waals surface area contributed by atoms with Crippen molar-refractivity contribution in [2.24, 2.45) is 17.8 Å². The Bertz CT molecular complexity index is 584. The minimum absolute atomic E-state index is 0.0556. The van der Waals surface area contributed by atoms with Gasteiger partial charge in [0, 0.05) is 6.10 Å². The van der Waals surface area contributed by atoms with Crippen molar-refractivity contribution in [2.45, 2.75) is 105 Å². The lowest BCUT2D eigenvalue weighted by Gasteiger charge is -2.50. The third-order valence-electron chi connectivity index (χ3n) is 6.30. The van der Waals surface area contributed by atoms with Crippen molar-refractivity contribution in [3.05, 3.63) is 5.53 Å². The van der Waals surface area contributed by atoms with Crippen molar-refractivity contribution in [1.82, 2.24) is 0 Å². The van der Waals surface area contributed by atoms with Crippen LogP contribution in [0.25, 0.3) is 5.53 Å². The summed E-state index contributed by atoms with van der Waals surface area (Å²) < 4.78 is 12.4. The van der Waals surface area contributed by atoms with Gasteiger partial charge < -0.3 is 14.7 Å². The van der Waals surface area contributed by atoms with Crippen LogP contribution in [0.4, 0.5) is 0 Å². The summed E-state index contributed by atoms with van der Waals surface area (Å²) in [5.41, 5.74) is 9.98. The zero-order valence-corrected chi connectivity index (χ0v) is 20.8. The van der Waals surface area contributed by atoms with Crippen LogP contribution in [-0.4, -0.2) is 37.1 Å². The van der Waals surface area contributed by atoms with Gasteiger partial charge in [0.1, 0.15) is 0 Å². The van der Waals surface area contributed by atoms with E-state index < -0.39 is 14.3 Å². The molecule has 1 rings (SSSR count). The lowest BCUT2D eigenvalue weighted by molar-refractivity contribution is -0.139. The fraction of sp³-hybridized carbons (Fsp3) is 0.909. The predicted octanol–water partition coefficient (Wildman–Crippen LogP) is 5.78. The maximum atomic E-state index is 12.9. The molecule has 28 heavy (non-hydrogen) atoms. The van der Waals surface area contributed by atoms with E-state index in [1.165, 1.54) is 6.42 Å².